The molecule has 1 fully saturated rings. The van der Waals surface area contributed by atoms with Crippen molar-refractivity contribution in [3.63, 3.8) is 0 Å². The van der Waals surface area contributed by atoms with Crippen molar-refractivity contribution in [2.24, 2.45) is 0 Å². The third kappa shape index (κ3) is 2.17. The molecular formula is C9H17NOS. The fourth-order valence-electron chi connectivity index (χ4n) is 1.10. The molecule has 0 radical (unpaired) electrons. The van der Waals surface area contributed by atoms with Gasteiger partial charge in [-0.15, -0.1) is 6.58 Å². The van der Waals surface area contributed by atoms with Crippen molar-refractivity contribution in [2.45, 2.75) is 38.0 Å². The Balaban J connectivity index is 2.43. The van der Waals surface area contributed by atoms with Crippen molar-refractivity contribution in [3.05, 3.63) is 12.7 Å². The van der Waals surface area contributed by atoms with E-state index in [0.29, 0.717) is 6.04 Å². The molecule has 3 unspecified atom stereocenters. The highest BCUT2D eigenvalue weighted by Gasteiger charge is 2.41. The average Bonchev–Trinajstić information content (AvgIpc) is 2.65. The lowest BCUT2D eigenvalue weighted by Crippen LogP contribution is -2.28. The molecule has 0 aromatic rings. The van der Waals surface area contributed by atoms with E-state index >= 15 is 0 Å². The molecule has 1 saturated heterocycles. The number of hydrogen-bond donors (Lipinski definition) is 0. The van der Waals surface area contributed by atoms with Crippen molar-refractivity contribution in [1.82, 2.24) is 4.31 Å². The molecular weight excluding hydrogens is 170 g/mol. The molecule has 1 aliphatic heterocycles. The Morgan fingerprint density at radius 3 is 2.67 bits per heavy atom. The molecule has 1 aliphatic rings. The zero-order valence-corrected chi connectivity index (χ0v) is 8.86. The minimum atomic E-state index is -0.824. The van der Waals surface area contributed by atoms with E-state index in [9.17, 15) is 4.21 Å². The highest BCUT2D eigenvalue weighted by Crippen LogP contribution is 2.29. The standard InChI is InChI=1S/C9H17NOS/c1-5-6-8-7-10(8)12(11)9(2,3)4/h5,8H,1,6-7H2,2-4H3. The quantitative estimate of drug-likeness (QED) is 0.486. The molecule has 0 saturated carbocycles. The fraction of sp³-hybridized carbons (Fsp3) is 0.778. The van der Waals surface area contributed by atoms with E-state index in [0.717, 1.165) is 13.0 Å². The summed E-state index contributed by atoms with van der Waals surface area (Å²) in [5.41, 5.74) is 0. The summed E-state index contributed by atoms with van der Waals surface area (Å²) in [7, 11) is -0.824. The molecule has 0 bridgehead atoms. The van der Waals surface area contributed by atoms with E-state index in [1.807, 2.05) is 31.2 Å². The minimum absolute atomic E-state index is 0.115. The van der Waals surface area contributed by atoms with Crippen LogP contribution < -0.4 is 0 Å². The topological polar surface area (TPSA) is 20.1 Å². The molecule has 0 aliphatic carbocycles. The number of hydrogen-bond acceptors (Lipinski definition) is 1. The second kappa shape index (κ2) is 3.30. The van der Waals surface area contributed by atoms with Crippen LogP contribution >= 0.6 is 0 Å². The largest absolute Gasteiger partial charge is 0.242 e. The molecule has 12 heavy (non-hydrogen) atoms. The summed E-state index contributed by atoms with van der Waals surface area (Å²) >= 11 is 0. The van der Waals surface area contributed by atoms with Crippen LogP contribution in [0.1, 0.15) is 27.2 Å². The van der Waals surface area contributed by atoms with Gasteiger partial charge < -0.3 is 0 Å². The predicted molar refractivity (Wildman–Crippen MR) is 53.2 cm³/mol. The van der Waals surface area contributed by atoms with Gasteiger partial charge in [0.05, 0.1) is 4.75 Å². The summed E-state index contributed by atoms with van der Waals surface area (Å²) in [6.07, 6.45) is 2.85. The van der Waals surface area contributed by atoms with Crippen LogP contribution in [0.4, 0.5) is 0 Å². The van der Waals surface area contributed by atoms with E-state index < -0.39 is 11.0 Å². The van der Waals surface area contributed by atoms with Gasteiger partial charge in [0.2, 0.25) is 0 Å². The molecule has 0 aromatic carbocycles. The third-order valence-electron chi connectivity index (χ3n) is 1.84. The van der Waals surface area contributed by atoms with E-state index in [1.165, 1.54) is 0 Å². The summed E-state index contributed by atoms with van der Waals surface area (Å²) in [6, 6.07) is 0.488. The summed E-state index contributed by atoms with van der Waals surface area (Å²) in [4.78, 5) is 0. The maximum Gasteiger partial charge on any atom is 0.100 e. The first-order chi connectivity index (χ1) is 5.46. The summed E-state index contributed by atoms with van der Waals surface area (Å²) < 4.78 is 13.6. The van der Waals surface area contributed by atoms with E-state index in [2.05, 4.69) is 6.58 Å². The normalized spacial score (nSPS) is 31.2. The molecule has 1 heterocycles. The van der Waals surface area contributed by atoms with Gasteiger partial charge in [-0.2, -0.15) is 0 Å². The van der Waals surface area contributed by atoms with Gasteiger partial charge in [-0.25, -0.2) is 8.51 Å². The Morgan fingerprint density at radius 2 is 2.25 bits per heavy atom. The highest BCUT2D eigenvalue weighted by atomic mass is 32.2. The van der Waals surface area contributed by atoms with Crippen molar-refractivity contribution >= 4 is 11.0 Å². The maximum absolute atomic E-state index is 11.7. The summed E-state index contributed by atoms with van der Waals surface area (Å²) in [5.74, 6) is 0. The number of rotatable bonds is 3. The van der Waals surface area contributed by atoms with Gasteiger partial charge in [0.1, 0.15) is 11.0 Å². The Kier molecular flexibility index (Phi) is 2.74. The molecule has 0 amide bonds. The monoisotopic (exact) mass is 187 g/mol. The fourth-order valence-corrected chi connectivity index (χ4v) is 2.47. The smallest absolute Gasteiger partial charge is 0.100 e. The molecule has 3 atom stereocenters. The maximum atomic E-state index is 11.7. The Labute approximate surface area is 77.2 Å². The molecule has 1 rings (SSSR count). The molecule has 0 spiro atoms. The van der Waals surface area contributed by atoms with E-state index in [-0.39, 0.29) is 4.75 Å². The Morgan fingerprint density at radius 1 is 1.67 bits per heavy atom. The third-order valence-corrected chi connectivity index (χ3v) is 3.76. The van der Waals surface area contributed by atoms with E-state index in [4.69, 9.17) is 0 Å². The van der Waals surface area contributed by atoms with Crippen LogP contribution in [0.2, 0.25) is 0 Å². The van der Waals surface area contributed by atoms with Crippen molar-refractivity contribution in [3.8, 4) is 0 Å². The minimum Gasteiger partial charge on any atom is -0.242 e. The first kappa shape index (κ1) is 9.93. The first-order valence-corrected chi connectivity index (χ1v) is 5.37. The lowest BCUT2D eigenvalue weighted by atomic mass is 10.3. The summed E-state index contributed by atoms with van der Waals surface area (Å²) in [5, 5.41) is 0. The Bertz CT molecular complexity index is 207. The van der Waals surface area contributed by atoms with Crippen LogP contribution in [0.5, 0.6) is 0 Å². The van der Waals surface area contributed by atoms with Crippen LogP contribution in [0.3, 0.4) is 0 Å². The van der Waals surface area contributed by atoms with Crippen LogP contribution in [0.15, 0.2) is 12.7 Å². The van der Waals surface area contributed by atoms with Crippen LogP contribution in [-0.2, 0) is 11.0 Å². The average molecular weight is 187 g/mol. The second-order valence-corrected chi connectivity index (χ2v) is 6.33. The van der Waals surface area contributed by atoms with Crippen LogP contribution in [0.25, 0.3) is 0 Å². The molecule has 2 nitrogen and oxygen atoms in total. The van der Waals surface area contributed by atoms with Gasteiger partial charge in [-0.3, -0.25) is 0 Å². The zero-order valence-electron chi connectivity index (χ0n) is 8.04. The second-order valence-electron chi connectivity index (χ2n) is 4.14. The predicted octanol–water partition coefficient (Wildman–Crippen LogP) is 1.71. The van der Waals surface area contributed by atoms with Crippen LogP contribution in [-0.4, -0.2) is 25.8 Å². The summed E-state index contributed by atoms with van der Waals surface area (Å²) in [6.45, 7) is 10.7. The SMILES string of the molecule is C=CCC1CN1S(=O)C(C)(C)C. The van der Waals surface area contributed by atoms with Crippen molar-refractivity contribution in [1.29, 1.82) is 0 Å². The van der Waals surface area contributed by atoms with Gasteiger partial charge in [0.25, 0.3) is 0 Å². The lowest BCUT2D eigenvalue weighted by Gasteiger charge is -2.18. The van der Waals surface area contributed by atoms with Gasteiger partial charge in [-0.1, -0.05) is 6.08 Å². The van der Waals surface area contributed by atoms with E-state index in [1.54, 1.807) is 0 Å². The van der Waals surface area contributed by atoms with Crippen LogP contribution in [0, 0.1) is 0 Å². The van der Waals surface area contributed by atoms with Gasteiger partial charge in [-0.05, 0) is 27.2 Å². The van der Waals surface area contributed by atoms with Gasteiger partial charge in [0, 0.05) is 12.6 Å². The highest BCUT2D eigenvalue weighted by molar-refractivity contribution is 7.84. The molecule has 3 heteroatoms. The molecule has 0 N–H and O–H groups in total. The lowest BCUT2D eigenvalue weighted by molar-refractivity contribution is 0.604. The van der Waals surface area contributed by atoms with Crippen molar-refractivity contribution in [2.75, 3.05) is 6.54 Å². The molecule has 0 aromatic heterocycles. The molecule has 70 valence electrons. The van der Waals surface area contributed by atoms with Crippen molar-refractivity contribution < 1.29 is 4.21 Å². The number of nitrogens with zero attached hydrogens (tertiary/aromatic N) is 1. The first-order valence-electron chi connectivity index (χ1n) is 4.26. The van der Waals surface area contributed by atoms with Gasteiger partial charge >= 0.3 is 0 Å². The van der Waals surface area contributed by atoms with Gasteiger partial charge in [0.15, 0.2) is 0 Å². The zero-order chi connectivity index (χ0) is 9.35. The Hall–Kier alpha value is -0.150.